The molecule has 6 N–H and O–H groups in total. The summed E-state index contributed by atoms with van der Waals surface area (Å²) in [6.45, 7) is 11.1. The van der Waals surface area contributed by atoms with Crippen molar-refractivity contribution < 1.29 is 9.47 Å². The number of nitrogen functional groups attached to an aromatic ring is 2. The summed E-state index contributed by atoms with van der Waals surface area (Å²) in [5, 5.41) is 4.60. The summed E-state index contributed by atoms with van der Waals surface area (Å²) < 4.78 is 13.6. The van der Waals surface area contributed by atoms with Gasteiger partial charge in [-0.1, -0.05) is 124 Å². The van der Waals surface area contributed by atoms with E-state index in [1.807, 2.05) is 25.1 Å². The van der Waals surface area contributed by atoms with Gasteiger partial charge in [0, 0.05) is 23.2 Å². The number of rotatable bonds is 23. The highest BCUT2D eigenvalue weighted by molar-refractivity contribution is 5.85. The lowest BCUT2D eigenvalue weighted by Crippen LogP contribution is -2.29. The van der Waals surface area contributed by atoms with Crippen molar-refractivity contribution >= 4 is 17.2 Å². The molecule has 43 heavy (non-hydrogen) atoms. The molecule has 1 heterocycles. The van der Waals surface area contributed by atoms with Crippen molar-refractivity contribution in [3.05, 3.63) is 30.0 Å². The second kappa shape index (κ2) is 20.3. The molecule has 0 spiro atoms. The number of aliphatic imine (C=N–C) groups is 1. The Morgan fingerprint density at radius 3 is 1.84 bits per heavy atom. The molecule has 8 heteroatoms. The van der Waals surface area contributed by atoms with Crippen molar-refractivity contribution in [2.24, 2.45) is 10.7 Å². The Hall–Kier alpha value is -2.74. The first-order valence-corrected chi connectivity index (χ1v) is 16.9. The van der Waals surface area contributed by atoms with Crippen LogP contribution in [0.25, 0.3) is 0 Å². The lowest BCUT2D eigenvalue weighted by Gasteiger charge is -2.17. The normalized spacial score (nSPS) is 12.9. The van der Waals surface area contributed by atoms with E-state index in [1.54, 1.807) is 10.7 Å². The third-order valence-corrected chi connectivity index (χ3v) is 7.98. The maximum Gasteiger partial charge on any atom is 0.179 e. The van der Waals surface area contributed by atoms with Crippen molar-refractivity contribution in [3.63, 3.8) is 0 Å². The molecular weight excluding hydrogens is 536 g/mol. The fourth-order valence-corrected chi connectivity index (χ4v) is 5.06. The van der Waals surface area contributed by atoms with E-state index in [1.165, 1.54) is 96.3 Å². The van der Waals surface area contributed by atoms with Crippen molar-refractivity contribution in [1.29, 1.82) is 0 Å². The zero-order valence-electron chi connectivity index (χ0n) is 28.0. The molecule has 0 bridgehead atoms. The van der Waals surface area contributed by atoms with E-state index in [9.17, 15) is 0 Å². The van der Waals surface area contributed by atoms with Crippen LogP contribution in [0.1, 0.15) is 149 Å². The highest BCUT2D eigenvalue weighted by Gasteiger charge is 2.22. The average Bonchev–Trinajstić information content (AvgIpc) is 3.37. The molecule has 0 aliphatic carbocycles. The number of aromatic nitrogens is 2. The zero-order chi connectivity index (χ0) is 31.5. The van der Waals surface area contributed by atoms with E-state index in [0.717, 1.165) is 12.1 Å². The number of ether oxygens (including phenoxy) is 2. The minimum atomic E-state index is -0.578. The molecule has 1 atom stereocenters. The van der Waals surface area contributed by atoms with Crippen molar-refractivity contribution in [2.75, 3.05) is 24.8 Å². The third-order valence-electron chi connectivity index (χ3n) is 7.98. The average molecular weight is 599 g/mol. The van der Waals surface area contributed by atoms with Gasteiger partial charge in [-0.2, -0.15) is 5.10 Å². The topological polar surface area (TPSA) is 127 Å². The smallest absolute Gasteiger partial charge is 0.179 e. The van der Waals surface area contributed by atoms with Gasteiger partial charge in [-0.25, -0.2) is 4.68 Å². The molecule has 0 aliphatic rings. The van der Waals surface area contributed by atoms with Crippen LogP contribution in [0.3, 0.4) is 0 Å². The van der Waals surface area contributed by atoms with Crippen LogP contribution >= 0.6 is 0 Å². The lowest BCUT2D eigenvalue weighted by molar-refractivity contribution is 0.267. The number of unbranched alkanes of at least 4 members (excludes halogenated alkanes) is 15. The van der Waals surface area contributed by atoms with E-state index in [2.05, 4.69) is 37.8 Å². The summed E-state index contributed by atoms with van der Waals surface area (Å²) in [5.74, 6) is 1.77. The van der Waals surface area contributed by atoms with Crippen LogP contribution in [0.2, 0.25) is 0 Å². The summed E-state index contributed by atoms with van der Waals surface area (Å²) in [6, 6.07) is 7.32. The molecule has 0 aliphatic heterocycles. The molecule has 0 fully saturated rings. The standard InChI is InChI=1S/C35H62N6O2/c1-6-7-8-9-10-11-12-13-14-15-16-17-18-19-20-21-24-42-30-23-22-29(36)25-31(30)43-27-39-28(2)34(38)41-33(37)26-32(40-41)35(3,4)5/h22-23,25-26,34H,6-21,24,27,36-38H2,1-5H3. The highest BCUT2D eigenvalue weighted by Crippen LogP contribution is 2.30. The summed E-state index contributed by atoms with van der Waals surface area (Å²) in [5.41, 5.74) is 20.6. The van der Waals surface area contributed by atoms with E-state index in [-0.39, 0.29) is 12.1 Å². The molecule has 8 nitrogen and oxygen atoms in total. The molecule has 0 saturated carbocycles. The van der Waals surface area contributed by atoms with E-state index >= 15 is 0 Å². The second-order valence-corrected chi connectivity index (χ2v) is 13.0. The predicted molar refractivity (Wildman–Crippen MR) is 183 cm³/mol. The van der Waals surface area contributed by atoms with Gasteiger partial charge in [0.15, 0.2) is 18.2 Å². The van der Waals surface area contributed by atoms with Gasteiger partial charge >= 0.3 is 0 Å². The molecule has 1 aromatic carbocycles. The minimum absolute atomic E-state index is 0.0890. The van der Waals surface area contributed by atoms with Gasteiger partial charge < -0.3 is 26.7 Å². The summed E-state index contributed by atoms with van der Waals surface area (Å²) in [7, 11) is 0. The molecule has 0 amide bonds. The van der Waals surface area contributed by atoms with Gasteiger partial charge in [0.25, 0.3) is 0 Å². The number of nitrogens with zero attached hydrogens (tertiary/aromatic N) is 3. The quantitative estimate of drug-likeness (QED) is 0.0666. The lowest BCUT2D eigenvalue weighted by atomic mass is 9.92. The van der Waals surface area contributed by atoms with Crippen molar-refractivity contribution in [2.45, 2.75) is 149 Å². The van der Waals surface area contributed by atoms with Crippen LogP contribution in [0.5, 0.6) is 11.5 Å². The first-order chi connectivity index (χ1) is 20.6. The van der Waals surface area contributed by atoms with Gasteiger partial charge in [-0.3, -0.25) is 4.99 Å². The Bertz CT molecular complexity index is 1060. The number of hydrogen-bond acceptors (Lipinski definition) is 7. The summed E-state index contributed by atoms with van der Waals surface area (Å²) in [6.07, 6.45) is 21.0. The van der Waals surface area contributed by atoms with Gasteiger partial charge in [-0.15, -0.1) is 0 Å². The fraction of sp³-hybridized carbons (Fsp3) is 0.714. The van der Waals surface area contributed by atoms with Crippen molar-refractivity contribution in [3.8, 4) is 11.5 Å². The number of benzene rings is 1. The Kier molecular flexibility index (Phi) is 17.2. The van der Waals surface area contributed by atoms with E-state index in [0.29, 0.717) is 35.3 Å². The van der Waals surface area contributed by atoms with Crippen molar-refractivity contribution in [1.82, 2.24) is 9.78 Å². The van der Waals surface area contributed by atoms with Crippen LogP contribution in [0, 0.1) is 0 Å². The minimum Gasteiger partial charge on any atom is -0.490 e. The Morgan fingerprint density at radius 1 is 0.791 bits per heavy atom. The molecule has 1 unspecified atom stereocenters. The maximum atomic E-state index is 6.40. The fourth-order valence-electron chi connectivity index (χ4n) is 5.06. The maximum absolute atomic E-state index is 6.40. The van der Waals surface area contributed by atoms with E-state index in [4.69, 9.17) is 26.7 Å². The SMILES string of the molecule is CCCCCCCCCCCCCCCCCCOc1ccc(N)cc1OCN=C(C)C(N)n1nc(C(C)(C)C)cc1N. The molecule has 0 saturated heterocycles. The van der Waals surface area contributed by atoms with Crippen LogP contribution < -0.4 is 26.7 Å². The molecule has 2 rings (SSSR count). The van der Waals surface area contributed by atoms with Crippen LogP contribution in [-0.4, -0.2) is 28.8 Å². The monoisotopic (exact) mass is 598 g/mol. The van der Waals surface area contributed by atoms with Crippen LogP contribution in [0.15, 0.2) is 29.3 Å². The molecule has 244 valence electrons. The molecule has 1 aromatic heterocycles. The molecule has 0 radical (unpaired) electrons. The summed E-state index contributed by atoms with van der Waals surface area (Å²) in [4.78, 5) is 4.52. The molecular formula is C35H62N6O2. The zero-order valence-corrected chi connectivity index (χ0v) is 28.0. The van der Waals surface area contributed by atoms with Crippen LogP contribution in [0.4, 0.5) is 11.5 Å². The number of anilines is 2. The van der Waals surface area contributed by atoms with Gasteiger partial charge in [-0.05, 0) is 25.5 Å². The largest absolute Gasteiger partial charge is 0.490 e. The predicted octanol–water partition coefficient (Wildman–Crippen LogP) is 8.94. The molecule has 2 aromatic rings. The highest BCUT2D eigenvalue weighted by atomic mass is 16.5. The van der Waals surface area contributed by atoms with Crippen LogP contribution in [-0.2, 0) is 5.41 Å². The first kappa shape index (κ1) is 36.5. The third kappa shape index (κ3) is 14.5. The Morgan fingerprint density at radius 2 is 1.33 bits per heavy atom. The van der Waals surface area contributed by atoms with Gasteiger partial charge in [0.1, 0.15) is 12.0 Å². The van der Waals surface area contributed by atoms with Gasteiger partial charge in [0.05, 0.1) is 18.0 Å². The summed E-state index contributed by atoms with van der Waals surface area (Å²) >= 11 is 0. The van der Waals surface area contributed by atoms with E-state index < -0.39 is 6.17 Å². The number of hydrogen-bond donors (Lipinski definition) is 3. The second-order valence-electron chi connectivity index (χ2n) is 13.0. The first-order valence-electron chi connectivity index (χ1n) is 16.9. The number of nitrogens with two attached hydrogens (primary N) is 3. The Labute approximate surface area is 262 Å². The Balaban J connectivity index is 1.62. The van der Waals surface area contributed by atoms with Gasteiger partial charge in [0.2, 0.25) is 0 Å².